The van der Waals surface area contributed by atoms with E-state index in [-0.39, 0.29) is 17.4 Å². The Kier molecular flexibility index (Phi) is 5.10. The van der Waals surface area contributed by atoms with Crippen molar-refractivity contribution in [1.29, 1.82) is 0 Å². The van der Waals surface area contributed by atoms with E-state index < -0.39 is 0 Å². The molecule has 1 aliphatic carbocycles. The van der Waals surface area contributed by atoms with Crippen LogP contribution < -0.4 is 5.32 Å². The van der Waals surface area contributed by atoms with Crippen molar-refractivity contribution in [1.82, 2.24) is 5.32 Å². The first kappa shape index (κ1) is 13.0. The van der Waals surface area contributed by atoms with Gasteiger partial charge in [-0.25, -0.2) is 0 Å². The van der Waals surface area contributed by atoms with Crippen LogP contribution in [0.2, 0.25) is 0 Å². The van der Waals surface area contributed by atoms with Gasteiger partial charge in [0.2, 0.25) is 5.91 Å². The summed E-state index contributed by atoms with van der Waals surface area (Å²) in [5.74, 6) is 0.507. The Labute approximate surface area is 101 Å². The second kappa shape index (κ2) is 5.88. The smallest absolute Gasteiger partial charge is 0.223 e. The van der Waals surface area contributed by atoms with Gasteiger partial charge in [-0.05, 0) is 26.7 Å². The van der Waals surface area contributed by atoms with Gasteiger partial charge in [0.25, 0.3) is 0 Å². The van der Waals surface area contributed by atoms with E-state index in [1.165, 1.54) is 25.7 Å². The first-order valence-electron chi connectivity index (χ1n) is 5.93. The zero-order chi connectivity index (χ0) is 11.3. The van der Waals surface area contributed by atoms with Crippen LogP contribution >= 0.6 is 15.9 Å². The van der Waals surface area contributed by atoms with Crippen LogP contribution in [0.15, 0.2) is 0 Å². The van der Waals surface area contributed by atoms with Crippen LogP contribution in [0.5, 0.6) is 0 Å². The Morgan fingerprint density at radius 2 is 1.80 bits per heavy atom. The second-order valence-electron chi connectivity index (χ2n) is 5.20. The predicted molar refractivity (Wildman–Crippen MR) is 67.2 cm³/mol. The van der Waals surface area contributed by atoms with Crippen molar-refractivity contribution in [3.8, 4) is 0 Å². The van der Waals surface area contributed by atoms with Crippen LogP contribution in [0.25, 0.3) is 0 Å². The molecule has 0 saturated heterocycles. The molecule has 0 atom stereocenters. The van der Waals surface area contributed by atoms with Crippen molar-refractivity contribution >= 4 is 21.8 Å². The van der Waals surface area contributed by atoms with Crippen LogP contribution in [0, 0.1) is 5.92 Å². The van der Waals surface area contributed by atoms with Gasteiger partial charge in [-0.15, -0.1) is 0 Å². The van der Waals surface area contributed by atoms with E-state index >= 15 is 0 Å². The summed E-state index contributed by atoms with van der Waals surface area (Å²) in [5, 5.41) is 3.92. The molecule has 1 N–H and O–H groups in total. The third-order valence-electron chi connectivity index (χ3n) is 3.02. The van der Waals surface area contributed by atoms with Gasteiger partial charge in [0, 0.05) is 16.8 Å². The van der Waals surface area contributed by atoms with Crippen LogP contribution in [-0.2, 0) is 4.79 Å². The largest absolute Gasteiger partial charge is 0.350 e. The highest BCUT2D eigenvalue weighted by atomic mass is 79.9. The third-order valence-corrected chi connectivity index (χ3v) is 4.42. The number of nitrogens with one attached hydrogen (secondary N) is 1. The van der Waals surface area contributed by atoms with Gasteiger partial charge < -0.3 is 5.32 Å². The number of hydrogen-bond donors (Lipinski definition) is 1. The molecule has 1 amide bonds. The maximum absolute atomic E-state index is 12.0. The van der Waals surface area contributed by atoms with Crippen molar-refractivity contribution in [2.45, 2.75) is 57.9 Å². The molecule has 0 unspecified atom stereocenters. The molecule has 0 radical (unpaired) electrons. The average Bonchev–Trinajstić information content (AvgIpc) is 2.45. The lowest BCUT2D eigenvalue weighted by Crippen LogP contribution is -2.47. The number of amides is 1. The highest BCUT2D eigenvalue weighted by molar-refractivity contribution is 9.09. The molecular weight excluding hydrogens is 254 g/mol. The van der Waals surface area contributed by atoms with E-state index in [0.29, 0.717) is 0 Å². The zero-order valence-corrected chi connectivity index (χ0v) is 11.4. The summed E-state index contributed by atoms with van der Waals surface area (Å²) in [7, 11) is 0. The fourth-order valence-corrected chi connectivity index (χ4v) is 2.15. The number of carbonyl (C=O) groups is 1. The van der Waals surface area contributed by atoms with Gasteiger partial charge in [-0.2, -0.15) is 0 Å². The predicted octanol–water partition coefficient (Wildman–Crippen LogP) is 3.25. The lowest BCUT2D eigenvalue weighted by molar-refractivity contribution is -0.126. The normalized spacial score (nSPS) is 19.7. The molecule has 0 heterocycles. The van der Waals surface area contributed by atoms with E-state index in [2.05, 4.69) is 35.1 Å². The Morgan fingerprint density at radius 1 is 1.27 bits per heavy atom. The number of carbonyl (C=O) groups excluding carboxylic acids is 1. The van der Waals surface area contributed by atoms with Crippen molar-refractivity contribution in [2.24, 2.45) is 5.92 Å². The second-order valence-corrected chi connectivity index (χ2v) is 5.76. The fourth-order valence-electron chi connectivity index (χ4n) is 2.01. The third kappa shape index (κ3) is 4.54. The topological polar surface area (TPSA) is 29.1 Å². The molecule has 2 nitrogen and oxygen atoms in total. The molecule has 88 valence electrons. The van der Waals surface area contributed by atoms with Crippen LogP contribution in [0.3, 0.4) is 0 Å². The van der Waals surface area contributed by atoms with E-state index in [9.17, 15) is 4.79 Å². The zero-order valence-electron chi connectivity index (χ0n) is 9.81. The quantitative estimate of drug-likeness (QED) is 0.622. The van der Waals surface area contributed by atoms with Gasteiger partial charge in [-0.1, -0.05) is 41.6 Å². The fraction of sp³-hybridized carbons (Fsp3) is 0.917. The summed E-state index contributed by atoms with van der Waals surface area (Å²) in [6.45, 7) is 4.10. The Bertz CT molecular complexity index is 208. The summed E-state index contributed by atoms with van der Waals surface area (Å²) >= 11 is 3.42. The maximum Gasteiger partial charge on any atom is 0.223 e. The Morgan fingerprint density at radius 3 is 2.27 bits per heavy atom. The summed E-state index contributed by atoms with van der Waals surface area (Å²) in [6, 6.07) is 0. The molecule has 1 rings (SSSR count). The lowest BCUT2D eigenvalue weighted by atomic mass is 9.97. The molecule has 0 aromatic carbocycles. The van der Waals surface area contributed by atoms with Crippen molar-refractivity contribution in [3.63, 3.8) is 0 Å². The Hall–Kier alpha value is -0.0500. The summed E-state index contributed by atoms with van der Waals surface area (Å²) in [6.07, 6.45) is 7.17. The van der Waals surface area contributed by atoms with Crippen LogP contribution in [-0.4, -0.2) is 16.8 Å². The molecular formula is C12H22BrNO. The van der Waals surface area contributed by atoms with E-state index in [1.807, 2.05) is 0 Å². The van der Waals surface area contributed by atoms with Gasteiger partial charge in [0.1, 0.15) is 0 Å². The first-order chi connectivity index (χ1) is 7.05. The molecule has 1 fully saturated rings. The van der Waals surface area contributed by atoms with Crippen molar-refractivity contribution < 1.29 is 4.79 Å². The molecule has 1 saturated carbocycles. The van der Waals surface area contributed by atoms with Crippen LogP contribution in [0.4, 0.5) is 0 Å². The van der Waals surface area contributed by atoms with E-state index in [1.54, 1.807) is 0 Å². The highest BCUT2D eigenvalue weighted by Gasteiger charge is 2.25. The van der Waals surface area contributed by atoms with Gasteiger partial charge in [0.15, 0.2) is 0 Å². The number of rotatable bonds is 3. The van der Waals surface area contributed by atoms with Gasteiger partial charge in [-0.3, -0.25) is 4.79 Å². The minimum atomic E-state index is -0.122. The lowest BCUT2D eigenvalue weighted by Gasteiger charge is -2.26. The van der Waals surface area contributed by atoms with Crippen molar-refractivity contribution in [3.05, 3.63) is 0 Å². The monoisotopic (exact) mass is 275 g/mol. The Balaban J connectivity index is 2.44. The minimum Gasteiger partial charge on any atom is -0.350 e. The number of hydrogen-bond acceptors (Lipinski definition) is 1. The summed E-state index contributed by atoms with van der Waals surface area (Å²) in [4.78, 5) is 12.0. The SMILES string of the molecule is CC(C)(CBr)NC(=O)C1CCCCCC1. The summed E-state index contributed by atoms with van der Waals surface area (Å²) in [5.41, 5.74) is -0.122. The molecule has 0 spiro atoms. The maximum atomic E-state index is 12.0. The van der Waals surface area contributed by atoms with Crippen LogP contribution in [0.1, 0.15) is 52.4 Å². The molecule has 0 bridgehead atoms. The summed E-state index contributed by atoms with van der Waals surface area (Å²) < 4.78 is 0. The molecule has 0 aliphatic heterocycles. The molecule has 15 heavy (non-hydrogen) atoms. The van der Waals surface area contributed by atoms with E-state index in [0.717, 1.165) is 18.2 Å². The molecule has 0 aromatic rings. The molecule has 3 heteroatoms. The standard InChI is InChI=1S/C12H22BrNO/c1-12(2,9-13)14-11(15)10-7-5-3-4-6-8-10/h10H,3-9H2,1-2H3,(H,14,15). The van der Waals surface area contributed by atoms with Crippen molar-refractivity contribution in [2.75, 3.05) is 5.33 Å². The first-order valence-corrected chi connectivity index (χ1v) is 7.05. The van der Waals surface area contributed by atoms with Gasteiger partial charge >= 0.3 is 0 Å². The molecule has 0 aromatic heterocycles. The number of alkyl halides is 1. The number of halogens is 1. The van der Waals surface area contributed by atoms with E-state index in [4.69, 9.17) is 0 Å². The minimum absolute atomic E-state index is 0.122. The molecule has 1 aliphatic rings. The highest BCUT2D eigenvalue weighted by Crippen LogP contribution is 2.23. The average molecular weight is 276 g/mol. The van der Waals surface area contributed by atoms with Gasteiger partial charge in [0.05, 0.1) is 0 Å².